The number of methoxy groups -OCH3 is 1. The van der Waals surface area contributed by atoms with Crippen molar-refractivity contribution in [2.24, 2.45) is 0 Å². The van der Waals surface area contributed by atoms with Gasteiger partial charge in [0.25, 0.3) is 0 Å². The molecule has 1 unspecified atom stereocenters. The fraction of sp³-hybridized carbons (Fsp3) is 0.467. The van der Waals surface area contributed by atoms with E-state index in [1.165, 1.54) is 11.8 Å². The molecular formula is C15H19NO4. The third-order valence-corrected chi connectivity index (χ3v) is 3.80. The first-order chi connectivity index (χ1) is 9.41. The van der Waals surface area contributed by atoms with Crippen molar-refractivity contribution in [2.75, 3.05) is 7.11 Å². The van der Waals surface area contributed by atoms with E-state index in [1.807, 2.05) is 0 Å². The van der Waals surface area contributed by atoms with Crippen molar-refractivity contribution in [2.45, 2.75) is 38.3 Å². The Morgan fingerprint density at radius 1 is 1.30 bits per heavy atom. The minimum Gasteiger partial charge on any atom is -0.497 e. The Kier molecular flexibility index (Phi) is 3.70. The zero-order valence-corrected chi connectivity index (χ0v) is 11.9. The van der Waals surface area contributed by atoms with E-state index in [1.54, 1.807) is 38.3 Å². The lowest BCUT2D eigenvalue weighted by Crippen LogP contribution is -2.53. The third kappa shape index (κ3) is 2.35. The first-order valence-electron chi connectivity index (χ1n) is 6.59. The van der Waals surface area contributed by atoms with E-state index in [0.717, 1.165) is 12.8 Å². The van der Waals surface area contributed by atoms with Gasteiger partial charge in [0.1, 0.15) is 5.75 Å². The SMILES string of the molecule is COc1ccc(C(C)(C(=O)O)N(C(C)=O)C2CC2)cc1. The number of ether oxygens (including phenoxy) is 1. The lowest BCUT2D eigenvalue weighted by atomic mass is 9.89. The molecule has 1 aromatic rings. The molecule has 0 aliphatic heterocycles. The highest BCUT2D eigenvalue weighted by Gasteiger charge is 2.49. The van der Waals surface area contributed by atoms with Crippen LogP contribution in [0, 0.1) is 0 Å². The first-order valence-corrected chi connectivity index (χ1v) is 6.59. The van der Waals surface area contributed by atoms with E-state index < -0.39 is 11.5 Å². The van der Waals surface area contributed by atoms with E-state index in [2.05, 4.69) is 0 Å². The summed E-state index contributed by atoms with van der Waals surface area (Å²) in [5.41, 5.74) is -0.771. The summed E-state index contributed by atoms with van der Waals surface area (Å²) in [5.74, 6) is -0.583. The summed E-state index contributed by atoms with van der Waals surface area (Å²) in [6.45, 7) is 3.00. The first kappa shape index (κ1) is 14.4. The van der Waals surface area contributed by atoms with Gasteiger partial charge in [-0.25, -0.2) is 4.79 Å². The molecule has 1 atom stereocenters. The highest BCUT2D eigenvalue weighted by Crippen LogP contribution is 2.39. The van der Waals surface area contributed by atoms with Gasteiger partial charge in [-0.05, 0) is 37.5 Å². The molecule has 1 aliphatic carbocycles. The molecule has 0 heterocycles. The summed E-state index contributed by atoms with van der Waals surface area (Å²) < 4.78 is 5.08. The van der Waals surface area contributed by atoms with E-state index in [4.69, 9.17) is 4.74 Å². The van der Waals surface area contributed by atoms with Crippen LogP contribution in [-0.2, 0) is 15.1 Å². The van der Waals surface area contributed by atoms with Crippen LogP contribution in [-0.4, -0.2) is 35.0 Å². The Hall–Kier alpha value is -2.04. The number of rotatable bonds is 5. The van der Waals surface area contributed by atoms with Crippen LogP contribution < -0.4 is 4.74 Å². The predicted molar refractivity (Wildman–Crippen MR) is 73.5 cm³/mol. The average molecular weight is 277 g/mol. The van der Waals surface area contributed by atoms with Gasteiger partial charge in [0.05, 0.1) is 7.11 Å². The second kappa shape index (κ2) is 5.15. The Morgan fingerprint density at radius 2 is 1.85 bits per heavy atom. The fourth-order valence-electron chi connectivity index (χ4n) is 2.55. The zero-order valence-electron chi connectivity index (χ0n) is 11.9. The molecule has 1 amide bonds. The number of carboxylic acid groups (broad SMARTS) is 1. The van der Waals surface area contributed by atoms with E-state index in [9.17, 15) is 14.7 Å². The van der Waals surface area contributed by atoms with Crippen molar-refractivity contribution >= 4 is 11.9 Å². The van der Waals surface area contributed by atoms with Crippen LogP contribution in [0.25, 0.3) is 0 Å². The minimum atomic E-state index is -1.35. The van der Waals surface area contributed by atoms with Crippen LogP contribution in [0.4, 0.5) is 0 Å². The number of carbonyl (C=O) groups excluding carboxylic acids is 1. The summed E-state index contributed by atoms with van der Waals surface area (Å²) in [4.78, 5) is 25.2. The molecule has 5 heteroatoms. The Labute approximate surface area is 118 Å². The quantitative estimate of drug-likeness (QED) is 0.894. The molecule has 1 fully saturated rings. The maximum Gasteiger partial charge on any atom is 0.334 e. The van der Waals surface area contributed by atoms with Gasteiger partial charge in [0, 0.05) is 13.0 Å². The normalized spacial score (nSPS) is 17.1. The van der Waals surface area contributed by atoms with Gasteiger partial charge < -0.3 is 14.7 Å². The van der Waals surface area contributed by atoms with Crippen LogP contribution >= 0.6 is 0 Å². The van der Waals surface area contributed by atoms with Crippen molar-refractivity contribution in [3.05, 3.63) is 29.8 Å². The fourth-order valence-corrected chi connectivity index (χ4v) is 2.55. The molecule has 108 valence electrons. The van der Waals surface area contributed by atoms with Crippen molar-refractivity contribution < 1.29 is 19.4 Å². The van der Waals surface area contributed by atoms with Crippen molar-refractivity contribution in [3.8, 4) is 5.75 Å². The second-order valence-corrected chi connectivity index (χ2v) is 5.23. The van der Waals surface area contributed by atoms with Gasteiger partial charge in [-0.15, -0.1) is 0 Å². The maximum absolute atomic E-state index is 11.9. The lowest BCUT2D eigenvalue weighted by Gasteiger charge is -2.38. The summed E-state index contributed by atoms with van der Waals surface area (Å²) in [6, 6.07) is 6.84. The Morgan fingerprint density at radius 3 is 2.20 bits per heavy atom. The molecule has 1 saturated carbocycles. The van der Waals surface area contributed by atoms with Gasteiger partial charge in [-0.3, -0.25) is 4.79 Å². The number of aliphatic carboxylic acids is 1. The zero-order chi connectivity index (χ0) is 14.9. The number of benzene rings is 1. The van der Waals surface area contributed by atoms with Crippen LogP contribution in [0.1, 0.15) is 32.3 Å². The summed E-state index contributed by atoms with van der Waals surface area (Å²) in [7, 11) is 1.55. The van der Waals surface area contributed by atoms with Gasteiger partial charge in [-0.1, -0.05) is 12.1 Å². The predicted octanol–water partition coefficient (Wildman–Crippen LogP) is 2.01. The van der Waals surface area contributed by atoms with Gasteiger partial charge >= 0.3 is 5.97 Å². The maximum atomic E-state index is 11.9. The second-order valence-electron chi connectivity index (χ2n) is 5.23. The van der Waals surface area contributed by atoms with Crippen molar-refractivity contribution in [1.29, 1.82) is 0 Å². The number of hydrogen-bond acceptors (Lipinski definition) is 3. The monoisotopic (exact) mass is 277 g/mol. The largest absolute Gasteiger partial charge is 0.497 e. The number of amides is 1. The molecule has 2 rings (SSSR count). The minimum absolute atomic E-state index is 0.0238. The van der Waals surface area contributed by atoms with Gasteiger partial charge in [0.2, 0.25) is 5.91 Å². The number of nitrogens with zero attached hydrogens (tertiary/aromatic N) is 1. The van der Waals surface area contributed by atoms with Crippen LogP contribution in [0.2, 0.25) is 0 Å². The Bertz CT molecular complexity index is 521. The number of carboxylic acids is 1. The van der Waals surface area contributed by atoms with E-state index >= 15 is 0 Å². The molecule has 0 bridgehead atoms. The van der Waals surface area contributed by atoms with E-state index in [-0.39, 0.29) is 11.9 Å². The lowest BCUT2D eigenvalue weighted by molar-refractivity contribution is -0.159. The Balaban J connectivity index is 2.46. The topological polar surface area (TPSA) is 66.8 Å². The van der Waals surface area contributed by atoms with Crippen molar-refractivity contribution in [1.82, 2.24) is 4.90 Å². The number of carbonyl (C=O) groups is 2. The summed E-state index contributed by atoms with van der Waals surface area (Å²) in [6.07, 6.45) is 1.72. The van der Waals surface area contributed by atoms with Crippen LogP contribution in [0.3, 0.4) is 0 Å². The number of hydrogen-bond donors (Lipinski definition) is 1. The summed E-state index contributed by atoms with van der Waals surface area (Å²) in [5, 5.41) is 9.68. The van der Waals surface area contributed by atoms with Crippen LogP contribution in [0.15, 0.2) is 24.3 Å². The molecular weight excluding hydrogens is 258 g/mol. The van der Waals surface area contributed by atoms with E-state index in [0.29, 0.717) is 11.3 Å². The summed E-state index contributed by atoms with van der Waals surface area (Å²) >= 11 is 0. The molecule has 1 aromatic carbocycles. The van der Waals surface area contributed by atoms with Crippen LogP contribution in [0.5, 0.6) is 5.75 Å². The highest BCUT2D eigenvalue weighted by atomic mass is 16.5. The van der Waals surface area contributed by atoms with Gasteiger partial charge in [-0.2, -0.15) is 0 Å². The highest BCUT2D eigenvalue weighted by molar-refractivity contribution is 5.87. The standard InChI is InChI=1S/C15H19NO4/c1-10(17)16(12-6-7-12)15(2,14(18)19)11-4-8-13(20-3)9-5-11/h4-5,8-9,12H,6-7H2,1-3H3,(H,18,19). The molecule has 1 aliphatic rings. The van der Waals surface area contributed by atoms with Gasteiger partial charge in [0.15, 0.2) is 5.54 Å². The molecule has 20 heavy (non-hydrogen) atoms. The molecule has 5 nitrogen and oxygen atoms in total. The average Bonchev–Trinajstić information content (AvgIpc) is 3.22. The third-order valence-electron chi connectivity index (χ3n) is 3.80. The van der Waals surface area contributed by atoms with Crippen molar-refractivity contribution in [3.63, 3.8) is 0 Å². The molecule has 0 radical (unpaired) electrons. The molecule has 1 N–H and O–H groups in total. The molecule has 0 aromatic heterocycles. The molecule has 0 spiro atoms. The smallest absolute Gasteiger partial charge is 0.334 e. The molecule has 0 saturated heterocycles.